The maximum Gasteiger partial charge on any atom is 0.418 e. The molecule has 0 bridgehead atoms. The molecular weight excluding hydrogens is 209 g/mol. The first-order valence-electron chi connectivity index (χ1n) is 4.10. The minimum absolute atomic E-state index is 0.0229. The van der Waals surface area contributed by atoms with E-state index in [1.807, 2.05) is 0 Å². The minimum atomic E-state index is -4.42. The summed E-state index contributed by atoms with van der Waals surface area (Å²) in [7, 11) is 0. The monoisotopic (exact) mass is 216 g/mol. The van der Waals surface area contributed by atoms with Crippen molar-refractivity contribution in [1.29, 1.82) is 0 Å². The van der Waals surface area contributed by atoms with E-state index in [4.69, 9.17) is 0 Å². The van der Waals surface area contributed by atoms with E-state index in [9.17, 15) is 18.0 Å². The highest BCUT2D eigenvalue weighted by atomic mass is 19.4. The lowest BCUT2D eigenvalue weighted by Crippen LogP contribution is -2.11. The molecule has 1 aromatic heterocycles. The van der Waals surface area contributed by atoms with Gasteiger partial charge < -0.3 is 0 Å². The number of hydrogen-bond donors (Lipinski definition) is 0. The van der Waals surface area contributed by atoms with Gasteiger partial charge in [0.2, 0.25) is 6.08 Å². The molecule has 0 saturated heterocycles. The SMILES string of the molecule is O=C=NCCc1ncccc1C(F)(F)F. The summed E-state index contributed by atoms with van der Waals surface area (Å²) in [5, 5.41) is 0. The second-order valence-electron chi connectivity index (χ2n) is 2.72. The summed E-state index contributed by atoms with van der Waals surface area (Å²) in [5.74, 6) is 0. The molecule has 0 aliphatic heterocycles. The average molecular weight is 216 g/mol. The first kappa shape index (κ1) is 11.4. The maximum atomic E-state index is 12.4. The van der Waals surface area contributed by atoms with Crippen molar-refractivity contribution in [2.24, 2.45) is 4.99 Å². The number of nitrogens with zero attached hydrogens (tertiary/aromatic N) is 2. The zero-order chi connectivity index (χ0) is 11.3. The fourth-order valence-electron chi connectivity index (χ4n) is 1.10. The molecule has 0 aliphatic carbocycles. The molecular formula is C9H7F3N2O. The van der Waals surface area contributed by atoms with Gasteiger partial charge in [-0.05, 0) is 12.1 Å². The fraction of sp³-hybridized carbons (Fsp3) is 0.333. The van der Waals surface area contributed by atoms with Gasteiger partial charge in [0.1, 0.15) is 0 Å². The van der Waals surface area contributed by atoms with Crippen LogP contribution in [-0.2, 0) is 17.4 Å². The van der Waals surface area contributed by atoms with Crippen molar-refractivity contribution in [1.82, 2.24) is 4.98 Å². The van der Waals surface area contributed by atoms with Gasteiger partial charge in [-0.15, -0.1) is 0 Å². The molecule has 80 valence electrons. The Morgan fingerprint density at radius 1 is 1.47 bits per heavy atom. The topological polar surface area (TPSA) is 42.3 Å². The summed E-state index contributed by atoms with van der Waals surface area (Å²) in [6.07, 6.45) is -1.91. The summed E-state index contributed by atoms with van der Waals surface area (Å²) in [6.45, 7) is -0.0381. The number of hydrogen-bond acceptors (Lipinski definition) is 3. The highest BCUT2D eigenvalue weighted by Crippen LogP contribution is 2.30. The van der Waals surface area contributed by atoms with E-state index in [1.54, 1.807) is 0 Å². The van der Waals surface area contributed by atoms with Crippen molar-refractivity contribution < 1.29 is 18.0 Å². The first-order valence-corrected chi connectivity index (χ1v) is 4.10. The number of isocyanates is 1. The van der Waals surface area contributed by atoms with Crippen LogP contribution in [0.5, 0.6) is 0 Å². The third kappa shape index (κ3) is 3.18. The molecule has 0 saturated carbocycles. The predicted molar refractivity (Wildman–Crippen MR) is 45.9 cm³/mol. The minimum Gasteiger partial charge on any atom is -0.261 e. The summed E-state index contributed by atoms with van der Waals surface area (Å²) in [6, 6.07) is 2.17. The molecule has 0 aromatic carbocycles. The second-order valence-corrected chi connectivity index (χ2v) is 2.72. The van der Waals surface area contributed by atoms with Crippen molar-refractivity contribution in [3.63, 3.8) is 0 Å². The first-order chi connectivity index (χ1) is 7.05. The lowest BCUT2D eigenvalue weighted by molar-refractivity contribution is -0.138. The van der Waals surface area contributed by atoms with Crippen LogP contribution in [0.3, 0.4) is 0 Å². The van der Waals surface area contributed by atoms with Gasteiger partial charge in [-0.3, -0.25) is 4.98 Å². The van der Waals surface area contributed by atoms with E-state index in [0.717, 1.165) is 6.07 Å². The molecule has 15 heavy (non-hydrogen) atoms. The zero-order valence-corrected chi connectivity index (χ0v) is 7.58. The Morgan fingerprint density at radius 3 is 2.80 bits per heavy atom. The van der Waals surface area contributed by atoms with Gasteiger partial charge in [0.25, 0.3) is 0 Å². The van der Waals surface area contributed by atoms with E-state index < -0.39 is 11.7 Å². The summed E-state index contributed by atoms with van der Waals surface area (Å²) in [5.41, 5.74) is -0.893. The Morgan fingerprint density at radius 2 is 2.20 bits per heavy atom. The van der Waals surface area contributed by atoms with Gasteiger partial charge in [0, 0.05) is 12.6 Å². The summed E-state index contributed by atoms with van der Waals surface area (Å²) >= 11 is 0. The van der Waals surface area contributed by atoms with Crippen molar-refractivity contribution >= 4 is 6.08 Å². The van der Waals surface area contributed by atoms with Gasteiger partial charge in [-0.1, -0.05) is 0 Å². The highest BCUT2D eigenvalue weighted by Gasteiger charge is 2.33. The number of alkyl halides is 3. The van der Waals surface area contributed by atoms with Crippen molar-refractivity contribution in [3.8, 4) is 0 Å². The highest BCUT2D eigenvalue weighted by molar-refractivity contribution is 5.33. The molecule has 1 heterocycles. The third-order valence-electron chi connectivity index (χ3n) is 1.72. The standard InChI is InChI=1S/C9H7F3N2O/c10-9(11,12)7-2-1-4-14-8(7)3-5-13-6-15/h1-2,4H,3,5H2. The van der Waals surface area contributed by atoms with Crippen molar-refractivity contribution in [3.05, 3.63) is 29.6 Å². The number of aromatic nitrogens is 1. The summed E-state index contributed by atoms with van der Waals surface area (Å²) in [4.78, 5) is 16.5. The molecule has 3 nitrogen and oxygen atoms in total. The largest absolute Gasteiger partial charge is 0.418 e. The van der Waals surface area contributed by atoms with Gasteiger partial charge in [0.05, 0.1) is 17.8 Å². The zero-order valence-electron chi connectivity index (χ0n) is 7.58. The van der Waals surface area contributed by atoms with Crippen LogP contribution in [0.2, 0.25) is 0 Å². The van der Waals surface area contributed by atoms with Crippen molar-refractivity contribution in [2.75, 3.05) is 6.54 Å². The average Bonchev–Trinajstić information content (AvgIpc) is 2.17. The number of carbonyl (C=O) groups excluding carboxylic acids is 1. The quantitative estimate of drug-likeness (QED) is 0.572. The lowest BCUT2D eigenvalue weighted by Gasteiger charge is -2.10. The van der Waals surface area contributed by atoms with Crippen LogP contribution in [-0.4, -0.2) is 17.6 Å². The van der Waals surface area contributed by atoms with Gasteiger partial charge in [0.15, 0.2) is 0 Å². The smallest absolute Gasteiger partial charge is 0.261 e. The molecule has 0 N–H and O–H groups in total. The van der Waals surface area contributed by atoms with E-state index in [-0.39, 0.29) is 18.7 Å². The van der Waals surface area contributed by atoms with Crippen LogP contribution in [0.4, 0.5) is 13.2 Å². The number of rotatable bonds is 3. The molecule has 0 fully saturated rings. The maximum absolute atomic E-state index is 12.4. The molecule has 0 radical (unpaired) electrons. The fourth-order valence-corrected chi connectivity index (χ4v) is 1.10. The molecule has 6 heteroatoms. The molecule has 0 amide bonds. The van der Waals surface area contributed by atoms with Crippen LogP contribution in [0.1, 0.15) is 11.3 Å². The Bertz CT molecular complexity index is 383. The van der Waals surface area contributed by atoms with Crippen LogP contribution in [0.25, 0.3) is 0 Å². The van der Waals surface area contributed by atoms with Crippen LogP contribution in [0.15, 0.2) is 23.3 Å². The van der Waals surface area contributed by atoms with Gasteiger partial charge >= 0.3 is 6.18 Å². The predicted octanol–water partition coefficient (Wildman–Crippen LogP) is 1.98. The molecule has 0 atom stereocenters. The Kier molecular flexibility index (Phi) is 3.57. The normalized spacial score (nSPS) is 10.9. The molecule has 0 unspecified atom stereocenters. The van der Waals surface area contributed by atoms with Gasteiger partial charge in [-0.2, -0.15) is 13.2 Å². The third-order valence-corrected chi connectivity index (χ3v) is 1.72. The Balaban J connectivity index is 2.91. The molecule has 0 aliphatic rings. The Hall–Kier alpha value is -1.68. The van der Waals surface area contributed by atoms with E-state index in [2.05, 4.69) is 9.98 Å². The van der Waals surface area contributed by atoms with E-state index >= 15 is 0 Å². The van der Waals surface area contributed by atoms with Gasteiger partial charge in [-0.25, -0.2) is 9.79 Å². The van der Waals surface area contributed by atoms with Crippen LogP contribution >= 0.6 is 0 Å². The summed E-state index contributed by atoms with van der Waals surface area (Å²) < 4.78 is 37.2. The van der Waals surface area contributed by atoms with E-state index in [0.29, 0.717) is 0 Å². The second kappa shape index (κ2) is 4.70. The molecule has 0 spiro atoms. The number of halogens is 3. The Labute approximate surface area is 83.7 Å². The van der Waals surface area contributed by atoms with E-state index in [1.165, 1.54) is 18.3 Å². The van der Waals surface area contributed by atoms with Crippen LogP contribution < -0.4 is 0 Å². The van der Waals surface area contributed by atoms with Crippen LogP contribution in [0, 0.1) is 0 Å². The number of aliphatic imine (C=N–C) groups is 1. The lowest BCUT2D eigenvalue weighted by atomic mass is 10.1. The molecule has 1 rings (SSSR count). The van der Waals surface area contributed by atoms with Crippen molar-refractivity contribution in [2.45, 2.75) is 12.6 Å². The molecule has 1 aromatic rings. The number of pyridine rings is 1.